The molecule has 1 heterocycles. The van der Waals surface area contributed by atoms with Gasteiger partial charge in [-0.15, -0.1) is 0 Å². The van der Waals surface area contributed by atoms with Crippen molar-refractivity contribution in [1.82, 2.24) is 0 Å². The first-order chi connectivity index (χ1) is 5.08. The average molecular weight is 160 g/mol. The van der Waals surface area contributed by atoms with E-state index in [1.807, 2.05) is 0 Å². The molecule has 3 N–H and O–H groups in total. The maximum atomic E-state index is 9.42. The van der Waals surface area contributed by atoms with Gasteiger partial charge in [-0.2, -0.15) is 0 Å². The molecule has 1 aliphatic heterocycles. The highest BCUT2D eigenvalue weighted by Gasteiger charge is 2.37. The molecule has 3 unspecified atom stereocenters. The quantitative estimate of drug-likeness (QED) is 0.460. The fraction of sp³-hybridized carbons (Fsp3) is 0.714. The third kappa shape index (κ3) is 1.53. The normalized spacial score (nSPS) is 43.6. The number of rotatable bonds is 1. The second-order valence-electron chi connectivity index (χ2n) is 2.83. The highest BCUT2D eigenvalue weighted by molar-refractivity contribution is 5.06. The fourth-order valence-corrected chi connectivity index (χ4v) is 0.970. The van der Waals surface area contributed by atoms with Gasteiger partial charge in [-0.25, -0.2) is 0 Å². The smallest absolute Gasteiger partial charge is 0.150 e. The molecule has 0 saturated heterocycles. The number of ether oxygens (including phenoxy) is 1. The number of hydrogen-bond acceptors (Lipinski definition) is 4. The highest BCUT2D eigenvalue weighted by Crippen LogP contribution is 2.21. The molecular weight excluding hydrogens is 148 g/mol. The maximum Gasteiger partial charge on any atom is 0.150 e. The van der Waals surface area contributed by atoms with Crippen LogP contribution in [0.4, 0.5) is 0 Å². The molecule has 0 radical (unpaired) electrons. The molecule has 0 aromatic heterocycles. The minimum atomic E-state index is -1.30. The molecule has 0 aromatic rings. The summed E-state index contributed by atoms with van der Waals surface area (Å²) in [6, 6.07) is 0. The van der Waals surface area contributed by atoms with Crippen LogP contribution in [0.25, 0.3) is 0 Å². The molecule has 0 amide bonds. The lowest BCUT2D eigenvalue weighted by Gasteiger charge is -2.34. The standard InChI is InChI=1S/C7H12O4/c1-7(10)2-3-11-5(4-8)6(7)9/h2-3,5-6,8-10H,4H2,1H3. The van der Waals surface area contributed by atoms with E-state index in [4.69, 9.17) is 9.84 Å². The van der Waals surface area contributed by atoms with Crippen LogP contribution in [0.5, 0.6) is 0 Å². The Labute approximate surface area is 64.7 Å². The average Bonchev–Trinajstić information content (AvgIpc) is 1.95. The summed E-state index contributed by atoms with van der Waals surface area (Å²) in [4.78, 5) is 0. The van der Waals surface area contributed by atoms with Crippen LogP contribution < -0.4 is 0 Å². The maximum absolute atomic E-state index is 9.42. The van der Waals surface area contributed by atoms with Gasteiger partial charge in [0.15, 0.2) is 0 Å². The van der Waals surface area contributed by atoms with Crippen LogP contribution in [0.3, 0.4) is 0 Å². The Morgan fingerprint density at radius 2 is 2.27 bits per heavy atom. The minimum Gasteiger partial charge on any atom is -0.493 e. The molecule has 0 saturated carbocycles. The first-order valence-corrected chi connectivity index (χ1v) is 3.42. The summed E-state index contributed by atoms with van der Waals surface area (Å²) in [7, 11) is 0. The summed E-state index contributed by atoms with van der Waals surface area (Å²) in [6.07, 6.45) is 0.838. The minimum absolute atomic E-state index is 0.304. The Kier molecular flexibility index (Phi) is 2.17. The first-order valence-electron chi connectivity index (χ1n) is 3.42. The Balaban J connectivity index is 2.73. The van der Waals surface area contributed by atoms with Gasteiger partial charge < -0.3 is 20.1 Å². The summed E-state index contributed by atoms with van der Waals surface area (Å²) in [5.41, 5.74) is -1.30. The van der Waals surface area contributed by atoms with E-state index in [0.29, 0.717) is 0 Å². The fourth-order valence-electron chi connectivity index (χ4n) is 0.970. The zero-order valence-corrected chi connectivity index (χ0v) is 6.27. The Bertz CT molecular complexity index is 164. The van der Waals surface area contributed by atoms with Crippen molar-refractivity contribution in [2.45, 2.75) is 24.7 Å². The SMILES string of the molecule is CC1(O)C=COC(CO)C1O. The van der Waals surface area contributed by atoms with E-state index in [-0.39, 0.29) is 6.61 Å². The summed E-state index contributed by atoms with van der Waals surface area (Å²) in [6.45, 7) is 1.15. The third-order valence-electron chi connectivity index (χ3n) is 1.79. The van der Waals surface area contributed by atoms with Gasteiger partial charge >= 0.3 is 0 Å². The zero-order chi connectivity index (χ0) is 8.48. The molecule has 1 aliphatic rings. The van der Waals surface area contributed by atoms with Gasteiger partial charge in [-0.3, -0.25) is 0 Å². The van der Waals surface area contributed by atoms with E-state index in [1.165, 1.54) is 19.3 Å². The van der Waals surface area contributed by atoms with Crippen molar-refractivity contribution < 1.29 is 20.1 Å². The topological polar surface area (TPSA) is 69.9 Å². The van der Waals surface area contributed by atoms with E-state index in [1.54, 1.807) is 0 Å². The predicted molar refractivity (Wildman–Crippen MR) is 37.7 cm³/mol. The van der Waals surface area contributed by atoms with E-state index < -0.39 is 17.8 Å². The molecule has 11 heavy (non-hydrogen) atoms. The van der Waals surface area contributed by atoms with Crippen molar-refractivity contribution in [2.24, 2.45) is 0 Å². The van der Waals surface area contributed by atoms with E-state index >= 15 is 0 Å². The van der Waals surface area contributed by atoms with Gasteiger partial charge in [0.05, 0.1) is 12.9 Å². The van der Waals surface area contributed by atoms with E-state index in [9.17, 15) is 10.2 Å². The third-order valence-corrected chi connectivity index (χ3v) is 1.79. The van der Waals surface area contributed by atoms with Crippen molar-refractivity contribution in [3.05, 3.63) is 12.3 Å². The molecule has 0 spiro atoms. The molecule has 3 atom stereocenters. The van der Waals surface area contributed by atoms with Crippen LogP contribution in [-0.4, -0.2) is 39.7 Å². The van der Waals surface area contributed by atoms with Crippen LogP contribution in [0, 0.1) is 0 Å². The molecule has 1 rings (SSSR count). The van der Waals surface area contributed by atoms with Crippen molar-refractivity contribution in [3.63, 3.8) is 0 Å². The lowest BCUT2D eigenvalue weighted by atomic mass is 9.93. The number of hydrogen-bond donors (Lipinski definition) is 3. The van der Waals surface area contributed by atoms with Gasteiger partial charge in [0.1, 0.15) is 17.8 Å². The second kappa shape index (κ2) is 2.81. The Morgan fingerprint density at radius 3 is 2.73 bits per heavy atom. The summed E-state index contributed by atoms with van der Waals surface area (Å²) < 4.78 is 4.83. The molecule has 0 bridgehead atoms. The van der Waals surface area contributed by atoms with Crippen molar-refractivity contribution in [2.75, 3.05) is 6.61 Å². The van der Waals surface area contributed by atoms with Crippen LogP contribution in [0.15, 0.2) is 12.3 Å². The van der Waals surface area contributed by atoms with Crippen LogP contribution in [-0.2, 0) is 4.74 Å². The monoisotopic (exact) mass is 160 g/mol. The van der Waals surface area contributed by atoms with Gasteiger partial charge in [0.25, 0.3) is 0 Å². The molecule has 64 valence electrons. The van der Waals surface area contributed by atoms with E-state index in [2.05, 4.69) is 0 Å². The number of aliphatic hydroxyl groups is 3. The second-order valence-corrected chi connectivity index (χ2v) is 2.83. The molecule has 0 fully saturated rings. The van der Waals surface area contributed by atoms with Crippen molar-refractivity contribution >= 4 is 0 Å². The van der Waals surface area contributed by atoms with Gasteiger partial charge in [0, 0.05) is 0 Å². The molecule has 4 nitrogen and oxygen atoms in total. The highest BCUT2D eigenvalue weighted by atomic mass is 16.5. The summed E-state index contributed by atoms with van der Waals surface area (Å²) >= 11 is 0. The van der Waals surface area contributed by atoms with Gasteiger partial charge in [0.2, 0.25) is 0 Å². The van der Waals surface area contributed by atoms with Crippen molar-refractivity contribution in [3.8, 4) is 0 Å². The van der Waals surface area contributed by atoms with Gasteiger partial charge in [-0.05, 0) is 13.0 Å². The largest absolute Gasteiger partial charge is 0.493 e. The van der Waals surface area contributed by atoms with Gasteiger partial charge in [-0.1, -0.05) is 0 Å². The van der Waals surface area contributed by atoms with Crippen molar-refractivity contribution in [1.29, 1.82) is 0 Å². The van der Waals surface area contributed by atoms with Crippen LogP contribution in [0.1, 0.15) is 6.92 Å². The number of aliphatic hydroxyl groups excluding tert-OH is 2. The van der Waals surface area contributed by atoms with E-state index in [0.717, 1.165) is 0 Å². The Hall–Kier alpha value is -0.580. The van der Waals surface area contributed by atoms with Crippen LogP contribution >= 0.6 is 0 Å². The molecule has 0 aromatic carbocycles. The zero-order valence-electron chi connectivity index (χ0n) is 6.27. The first kappa shape index (κ1) is 8.52. The lowest BCUT2D eigenvalue weighted by Crippen LogP contribution is -2.49. The molecular formula is C7H12O4. The molecule has 0 aliphatic carbocycles. The summed E-state index contributed by atoms with van der Waals surface area (Å²) in [5, 5.41) is 27.4. The molecule has 4 heteroatoms. The summed E-state index contributed by atoms with van der Waals surface area (Å²) in [5.74, 6) is 0. The lowest BCUT2D eigenvalue weighted by molar-refractivity contribution is -0.122. The Morgan fingerprint density at radius 1 is 1.64 bits per heavy atom. The predicted octanol–water partition coefficient (Wildman–Crippen LogP) is -0.997. The van der Waals surface area contributed by atoms with Crippen LogP contribution in [0.2, 0.25) is 0 Å².